The van der Waals surface area contributed by atoms with E-state index in [9.17, 15) is 0 Å². The molecule has 0 aliphatic carbocycles. The highest BCUT2D eigenvalue weighted by molar-refractivity contribution is 7.98. The van der Waals surface area contributed by atoms with Crippen molar-refractivity contribution in [3.8, 4) is 17.1 Å². The molecular formula is C17H15Cl2N3O2S. The van der Waals surface area contributed by atoms with Crippen LogP contribution < -0.4 is 4.74 Å². The third-order valence-corrected chi connectivity index (χ3v) is 4.82. The van der Waals surface area contributed by atoms with Crippen molar-refractivity contribution in [2.75, 3.05) is 6.26 Å². The Morgan fingerprint density at radius 1 is 1.20 bits per heavy atom. The average Bonchev–Trinajstić information content (AvgIpc) is 3.08. The fourth-order valence-electron chi connectivity index (χ4n) is 2.33. The number of thioether (sulfide) groups is 1. The van der Waals surface area contributed by atoms with Gasteiger partial charge in [0.05, 0.1) is 5.02 Å². The Hall–Kier alpha value is -1.76. The molecule has 0 radical (unpaired) electrons. The molecule has 3 aromatic rings. The van der Waals surface area contributed by atoms with Crippen molar-refractivity contribution in [1.82, 2.24) is 15.1 Å². The fourth-order valence-corrected chi connectivity index (χ4v) is 3.46. The van der Waals surface area contributed by atoms with Gasteiger partial charge in [-0.3, -0.25) is 0 Å². The minimum Gasteiger partial charge on any atom is -0.469 e. The second-order valence-electron chi connectivity index (χ2n) is 5.11. The van der Waals surface area contributed by atoms with E-state index in [1.54, 1.807) is 36.0 Å². The van der Waals surface area contributed by atoms with E-state index in [0.29, 0.717) is 27.4 Å². The van der Waals surface area contributed by atoms with E-state index in [1.165, 1.54) is 6.33 Å². The van der Waals surface area contributed by atoms with Crippen LogP contribution in [-0.4, -0.2) is 21.4 Å². The van der Waals surface area contributed by atoms with Gasteiger partial charge in [0.15, 0.2) is 12.4 Å². The molecule has 3 rings (SSSR count). The highest BCUT2D eigenvalue weighted by Gasteiger charge is 2.14. The molecule has 0 atom stereocenters. The number of nitrogens with zero attached hydrogens (tertiary/aromatic N) is 3. The molecule has 0 amide bonds. The van der Waals surface area contributed by atoms with Gasteiger partial charge in [-0.2, -0.15) is 0 Å². The van der Waals surface area contributed by atoms with Gasteiger partial charge < -0.3 is 9.26 Å². The van der Waals surface area contributed by atoms with Gasteiger partial charge in [0, 0.05) is 22.2 Å². The number of ether oxygens (including phenoxy) is 1. The molecule has 0 aliphatic rings. The van der Waals surface area contributed by atoms with Gasteiger partial charge in [-0.1, -0.05) is 35.3 Å². The zero-order valence-corrected chi connectivity index (χ0v) is 16.0. The normalized spacial score (nSPS) is 10.9. The Morgan fingerprint density at radius 2 is 2.04 bits per heavy atom. The number of hydrogen-bond donors (Lipinski definition) is 0. The maximum absolute atomic E-state index is 6.20. The van der Waals surface area contributed by atoms with Crippen LogP contribution in [0.4, 0.5) is 0 Å². The number of benzene rings is 1. The monoisotopic (exact) mass is 395 g/mol. The fraction of sp³-hybridized carbons (Fsp3) is 0.235. The number of halogens is 2. The van der Waals surface area contributed by atoms with Crippen molar-refractivity contribution >= 4 is 35.0 Å². The lowest BCUT2D eigenvalue weighted by Crippen LogP contribution is -2.02. The van der Waals surface area contributed by atoms with Gasteiger partial charge >= 0.3 is 0 Å². The van der Waals surface area contributed by atoms with Crippen LogP contribution in [0.2, 0.25) is 10.0 Å². The van der Waals surface area contributed by atoms with E-state index in [2.05, 4.69) is 15.1 Å². The molecule has 0 N–H and O–H groups in total. The highest BCUT2D eigenvalue weighted by Crippen LogP contribution is 2.30. The first-order valence-corrected chi connectivity index (χ1v) is 9.52. The van der Waals surface area contributed by atoms with E-state index < -0.39 is 0 Å². The van der Waals surface area contributed by atoms with Crippen LogP contribution in [0.5, 0.6) is 5.88 Å². The van der Waals surface area contributed by atoms with Crippen LogP contribution in [0.15, 0.2) is 40.1 Å². The lowest BCUT2D eigenvalue weighted by atomic mass is 10.1. The van der Waals surface area contributed by atoms with Crippen LogP contribution in [0.3, 0.4) is 0 Å². The second kappa shape index (κ2) is 8.08. The first-order valence-electron chi connectivity index (χ1n) is 7.54. The van der Waals surface area contributed by atoms with Crippen LogP contribution in [-0.2, 0) is 13.0 Å². The first kappa shape index (κ1) is 18.0. The Bertz CT molecular complexity index is 886. The zero-order valence-electron chi connectivity index (χ0n) is 13.6. The third-order valence-electron chi connectivity index (χ3n) is 3.53. The van der Waals surface area contributed by atoms with Gasteiger partial charge in [-0.15, -0.1) is 11.8 Å². The summed E-state index contributed by atoms with van der Waals surface area (Å²) in [5, 5.41) is 6.05. The Kier molecular flexibility index (Phi) is 5.83. The largest absolute Gasteiger partial charge is 0.469 e. The minimum absolute atomic E-state index is 0.218. The summed E-state index contributed by atoms with van der Waals surface area (Å²) in [7, 11) is 0. The van der Waals surface area contributed by atoms with Crippen molar-refractivity contribution in [2.45, 2.75) is 25.0 Å². The Morgan fingerprint density at radius 3 is 2.76 bits per heavy atom. The molecule has 130 valence electrons. The van der Waals surface area contributed by atoms with Crippen LogP contribution in [0.25, 0.3) is 11.3 Å². The highest BCUT2D eigenvalue weighted by atomic mass is 35.5. The number of rotatable bonds is 6. The topological polar surface area (TPSA) is 61.0 Å². The molecule has 25 heavy (non-hydrogen) atoms. The Labute approximate surface area is 159 Å². The lowest BCUT2D eigenvalue weighted by molar-refractivity contribution is 0.238. The quantitative estimate of drug-likeness (QED) is 0.416. The molecule has 0 aliphatic heterocycles. The maximum atomic E-state index is 6.20. The summed E-state index contributed by atoms with van der Waals surface area (Å²) < 4.78 is 11.1. The van der Waals surface area contributed by atoms with Gasteiger partial charge in [-0.25, -0.2) is 9.97 Å². The van der Waals surface area contributed by atoms with Gasteiger partial charge in [0.1, 0.15) is 17.0 Å². The first-order chi connectivity index (χ1) is 12.1. The SMILES string of the molecule is CCc1c(OCc2cc(-c3ccc(Cl)cc3Cl)no2)ncnc1SC. The van der Waals surface area contributed by atoms with Crippen molar-refractivity contribution in [1.29, 1.82) is 0 Å². The van der Waals surface area contributed by atoms with Crippen LogP contribution in [0.1, 0.15) is 18.2 Å². The summed E-state index contributed by atoms with van der Waals surface area (Å²) in [4.78, 5) is 8.47. The van der Waals surface area contributed by atoms with Crippen molar-refractivity contribution in [2.24, 2.45) is 0 Å². The molecule has 0 saturated heterocycles. The molecule has 0 spiro atoms. The van der Waals surface area contributed by atoms with Crippen LogP contribution >= 0.6 is 35.0 Å². The second-order valence-corrected chi connectivity index (χ2v) is 6.75. The van der Waals surface area contributed by atoms with E-state index in [4.69, 9.17) is 32.5 Å². The molecule has 8 heteroatoms. The molecule has 0 unspecified atom stereocenters. The third kappa shape index (κ3) is 4.08. The summed E-state index contributed by atoms with van der Waals surface area (Å²) >= 11 is 13.7. The predicted octanol–water partition coefficient (Wildman–Crippen LogP) is 5.30. The molecular weight excluding hydrogens is 381 g/mol. The molecule has 2 aromatic heterocycles. The smallest absolute Gasteiger partial charge is 0.221 e. The predicted molar refractivity (Wildman–Crippen MR) is 99.5 cm³/mol. The number of hydrogen-bond acceptors (Lipinski definition) is 6. The summed E-state index contributed by atoms with van der Waals surface area (Å²) in [5.41, 5.74) is 2.36. The molecule has 1 aromatic carbocycles. The summed E-state index contributed by atoms with van der Waals surface area (Å²) in [6.45, 7) is 2.26. The van der Waals surface area contributed by atoms with E-state index in [0.717, 1.165) is 22.6 Å². The Balaban J connectivity index is 1.76. The molecule has 2 heterocycles. The minimum atomic E-state index is 0.218. The van der Waals surface area contributed by atoms with Crippen molar-refractivity contribution < 1.29 is 9.26 Å². The molecule has 0 fully saturated rings. The van der Waals surface area contributed by atoms with Crippen molar-refractivity contribution in [3.63, 3.8) is 0 Å². The summed E-state index contributed by atoms with van der Waals surface area (Å²) in [5.74, 6) is 1.14. The standard InChI is InChI=1S/C17H15Cl2N3O2S/c1-3-12-16(20-9-21-17(12)25-2)23-8-11-7-15(22-24-11)13-5-4-10(18)6-14(13)19/h4-7,9H,3,8H2,1-2H3. The molecule has 0 bridgehead atoms. The van der Waals surface area contributed by atoms with E-state index >= 15 is 0 Å². The summed E-state index contributed by atoms with van der Waals surface area (Å²) in [6.07, 6.45) is 4.26. The zero-order chi connectivity index (χ0) is 17.8. The van der Waals surface area contributed by atoms with Gasteiger partial charge in [-0.05, 0) is 30.9 Å². The maximum Gasteiger partial charge on any atom is 0.221 e. The molecule has 0 saturated carbocycles. The van der Waals surface area contributed by atoms with Gasteiger partial charge in [0.2, 0.25) is 5.88 Å². The van der Waals surface area contributed by atoms with Crippen molar-refractivity contribution in [3.05, 3.63) is 52.0 Å². The molecule has 5 nitrogen and oxygen atoms in total. The summed E-state index contributed by atoms with van der Waals surface area (Å²) in [6, 6.07) is 7.02. The van der Waals surface area contributed by atoms with E-state index in [-0.39, 0.29) is 6.61 Å². The van der Waals surface area contributed by atoms with E-state index in [1.807, 2.05) is 13.2 Å². The lowest BCUT2D eigenvalue weighted by Gasteiger charge is -2.09. The number of aromatic nitrogens is 3. The van der Waals surface area contributed by atoms with Gasteiger partial charge in [0.25, 0.3) is 0 Å². The van der Waals surface area contributed by atoms with Crippen LogP contribution in [0, 0.1) is 0 Å². The average molecular weight is 396 g/mol.